The van der Waals surface area contributed by atoms with Gasteiger partial charge in [-0.15, -0.1) is 0 Å². The fourth-order valence-corrected chi connectivity index (χ4v) is 15.4. The lowest BCUT2D eigenvalue weighted by Crippen LogP contribution is -2.74. The number of hydrogen-bond acceptors (Lipinski definition) is 2. The van der Waals surface area contributed by atoms with Gasteiger partial charge in [0.2, 0.25) is 0 Å². The Morgan fingerprint density at radius 2 is 1.08 bits per heavy atom. The summed E-state index contributed by atoms with van der Waals surface area (Å²) >= 11 is 0. The molecule has 0 aliphatic rings. The Balaban J connectivity index is 1.05. The smallest absolute Gasteiger partial charge is 0.269 e. The molecule has 5 nitrogen and oxygen atoms in total. The highest BCUT2D eigenvalue weighted by atomic mass is 28.3. The summed E-state index contributed by atoms with van der Waals surface area (Å²) < 4.78 is 262. The Morgan fingerprint density at radius 3 is 1.73 bits per heavy atom. The zero-order chi connectivity index (χ0) is 86.2. The molecular formula is C85H76N4OSi. The molecule has 11 aromatic carbocycles. The summed E-state index contributed by atoms with van der Waals surface area (Å²) in [6, 6.07) is 14.8. The van der Waals surface area contributed by atoms with E-state index in [0.717, 1.165) is 33.2 Å². The number of benzene rings is 11. The van der Waals surface area contributed by atoms with E-state index in [1.54, 1.807) is 63.7 Å². The van der Waals surface area contributed by atoms with Gasteiger partial charge in [-0.05, 0) is 142 Å². The minimum absolute atomic E-state index is 0.0689. The summed E-state index contributed by atoms with van der Waals surface area (Å²) in [4.78, 5) is 4.75. The first-order valence-electron chi connectivity index (χ1n) is 43.1. The van der Waals surface area contributed by atoms with Crippen molar-refractivity contribution < 1.29 is 46.3 Å². The lowest BCUT2D eigenvalue weighted by Gasteiger charge is -2.34. The maximum Gasteiger partial charge on any atom is 0.269 e. The summed E-state index contributed by atoms with van der Waals surface area (Å²) in [6.45, 7) is 16.2. The molecule has 0 saturated heterocycles. The molecule has 6 heteroatoms. The third kappa shape index (κ3) is 10.8. The molecular weight excluding hydrogens is 1120 g/mol. The van der Waals surface area contributed by atoms with Gasteiger partial charge in [-0.1, -0.05) is 280 Å². The van der Waals surface area contributed by atoms with Gasteiger partial charge in [0.05, 0.1) is 66.3 Å². The molecule has 0 unspecified atom stereocenters. The predicted octanol–water partition coefficient (Wildman–Crippen LogP) is 18.6. The third-order valence-corrected chi connectivity index (χ3v) is 20.5. The van der Waals surface area contributed by atoms with Crippen LogP contribution in [0.1, 0.15) is 122 Å². The van der Waals surface area contributed by atoms with Gasteiger partial charge < -0.3 is 4.74 Å². The number of imidazole rings is 1. The van der Waals surface area contributed by atoms with E-state index in [2.05, 4.69) is 86.8 Å². The number of ether oxygens (including phenoxy) is 1. The molecule has 91 heavy (non-hydrogen) atoms. The molecule has 446 valence electrons. The standard InChI is InChI=1S/C85H76N4OSi/c1-58-48-81(86-56-75(58)59-28-15-11-16-29-59)89-77-43-24-23-40-73(77)74-46-45-67(55-79(74)89)90-66-32-26-31-65(54-66)87-57-88(82-72(41-27-42-76(82)85(8,9)10)62-49-63(83(2,3)4)53-64(50-62)84(5,6)7)78-47-44-61(52-80(78)87)60-30-25-39-71(51-60)91(68-33-17-12-18-34-68,69-35-19-13-20-36-69)70-37-21-14-22-38-70/h11-56H,1-10H3/i1D3,11D,12D,13D,14D,15D,16D,17D,18D,19D,20D,21D,22D,25D,28D,29D,30D,33D,34D,35D,36D,37D,38D,39D,51D. The van der Waals surface area contributed by atoms with Crippen LogP contribution in [0.3, 0.4) is 0 Å². The second-order valence-electron chi connectivity index (χ2n) is 25.4. The molecule has 0 radical (unpaired) electrons. The number of fused-ring (bicyclic) bond motifs is 4. The van der Waals surface area contributed by atoms with Crippen LogP contribution in [0.25, 0.3) is 83.4 Å². The van der Waals surface area contributed by atoms with Crippen LogP contribution in [-0.4, -0.2) is 22.2 Å². The largest absolute Gasteiger partial charge is 0.458 e. The molecule has 0 aliphatic heterocycles. The molecule has 0 spiro atoms. The van der Waals surface area contributed by atoms with Crippen LogP contribution in [0.15, 0.2) is 279 Å². The maximum absolute atomic E-state index is 10.8. The number of aromatic nitrogens is 4. The van der Waals surface area contributed by atoms with Crippen LogP contribution in [-0.2, 0) is 16.2 Å². The maximum atomic E-state index is 10.8. The zero-order valence-electron chi connectivity index (χ0n) is 78.4. The fraction of sp³-hybridized carbons (Fsp3) is 0.153. The van der Waals surface area contributed by atoms with Crippen LogP contribution >= 0.6 is 0 Å². The summed E-state index contributed by atoms with van der Waals surface area (Å²) in [5, 5.41) is -2.42. The van der Waals surface area contributed by atoms with Gasteiger partial charge in [-0.2, -0.15) is 0 Å². The van der Waals surface area contributed by atoms with Crippen LogP contribution in [0.5, 0.6) is 11.5 Å². The normalized spacial score (nSPS) is 16.6. The van der Waals surface area contributed by atoms with Gasteiger partial charge in [0.25, 0.3) is 6.33 Å². The van der Waals surface area contributed by atoms with Gasteiger partial charge in [0.1, 0.15) is 17.3 Å². The zero-order valence-corrected chi connectivity index (χ0v) is 52.4. The molecule has 0 amide bonds. The molecule has 3 aromatic heterocycles. The summed E-state index contributed by atoms with van der Waals surface area (Å²) in [6.07, 6.45) is 4.89. The van der Waals surface area contributed by atoms with Crippen LogP contribution in [0.4, 0.5) is 0 Å². The molecule has 14 rings (SSSR count). The Kier molecular flexibility index (Phi) is 8.93. The molecule has 0 atom stereocenters. The first kappa shape index (κ1) is 35.3. The van der Waals surface area contributed by atoms with Gasteiger partial charge in [0.15, 0.2) is 8.07 Å². The van der Waals surface area contributed by atoms with Crippen molar-refractivity contribution in [2.45, 2.75) is 85.4 Å². The number of pyridine rings is 1. The van der Waals surface area contributed by atoms with Gasteiger partial charge >= 0.3 is 0 Å². The van der Waals surface area contributed by atoms with Crippen molar-refractivity contribution >= 4 is 61.7 Å². The van der Waals surface area contributed by atoms with E-state index in [1.807, 2.05) is 47.0 Å². The number of nitrogens with zero attached hydrogens (tertiary/aromatic N) is 4. The highest BCUT2D eigenvalue weighted by molar-refractivity contribution is 7.19. The monoisotopic (exact) mass is 1220 g/mol. The highest BCUT2D eigenvalue weighted by Crippen LogP contribution is 2.41. The first-order valence-corrected chi connectivity index (χ1v) is 31.6. The van der Waals surface area contributed by atoms with Crippen molar-refractivity contribution in [3.63, 3.8) is 0 Å². The van der Waals surface area contributed by atoms with E-state index in [9.17, 15) is 21.9 Å². The molecule has 0 N–H and O–H groups in total. The molecule has 0 fully saturated rings. The van der Waals surface area contributed by atoms with Crippen LogP contribution < -0.4 is 30.1 Å². The van der Waals surface area contributed by atoms with E-state index in [-0.39, 0.29) is 55.9 Å². The van der Waals surface area contributed by atoms with Crippen molar-refractivity contribution in [3.05, 3.63) is 307 Å². The van der Waals surface area contributed by atoms with Gasteiger partial charge in [-0.25, -0.2) is 4.98 Å². The Bertz CT molecular complexity index is 6350. The van der Waals surface area contributed by atoms with E-state index in [0.29, 0.717) is 33.3 Å². The van der Waals surface area contributed by atoms with Gasteiger partial charge in [0, 0.05) is 32.7 Å². The van der Waals surface area contributed by atoms with Crippen molar-refractivity contribution in [2.24, 2.45) is 0 Å². The Labute approximate surface area is 575 Å². The minimum atomic E-state index is -6.25. The van der Waals surface area contributed by atoms with Crippen molar-refractivity contribution in [1.82, 2.24) is 14.1 Å². The number of hydrogen-bond donors (Lipinski definition) is 0. The second-order valence-corrected chi connectivity index (χ2v) is 28.9. The van der Waals surface area contributed by atoms with Crippen molar-refractivity contribution in [2.75, 3.05) is 0 Å². The Morgan fingerprint density at radius 1 is 0.473 bits per heavy atom. The number of rotatable bonds is 12. The Hall–Kier alpha value is -10.1. The lowest BCUT2D eigenvalue weighted by atomic mass is 9.78. The fourth-order valence-electron chi connectivity index (χ4n) is 11.9. The number of aryl methyl sites for hydroxylation is 1. The molecule has 3 heterocycles. The lowest BCUT2D eigenvalue weighted by molar-refractivity contribution is -0.572. The summed E-state index contributed by atoms with van der Waals surface area (Å²) in [7, 11) is -6.25. The van der Waals surface area contributed by atoms with Gasteiger partial charge in [-0.3, -0.25) is 13.7 Å². The third-order valence-electron chi connectivity index (χ3n) is 16.5. The average molecular weight is 1220 g/mol. The quantitative estimate of drug-likeness (QED) is 0.0529. The van der Waals surface area contributed by atoms with Crippen LogP contribution in [0.2, 0.25) is 0 Å². The first-order chi connectivity index (χ1) is 55.1. The summed E-state index contributed by atoms with van der Waals surface area (Å²) in [5.41, 5.74) is 4.84. The van der Waals surface area contributed by atoms with E-state index in [4.69, 9.17) is 24.8 Å². The van der Waals surface area contributed by atoms with Crippen molar-refractivity contribution in [3.8, 4) is 62.1 Å². The minimum Gasteiger partial charge on any atom is -0.458 e. The average Bonchev–Trinajstić information content (AvgIpc) is 0.897. The molecule has 14 aromatic rings. The molecule has 0 aliphatic carbocycles. The van der Waals surface area contributed by atoms with E-state index in [1.165, 1.54) is 18.3 Å². The predicted molar refractivity (Wildman–Crippen MR) is 383 cm³/mol. The highest BCUT2D eigenvalue weighted by Gasteiger charge is 2.41. The topological polar surface area (TPSA) is 35.9 Å². The second kappa shape index (κ2) is 23.0. The van der Waals surface area contributed by atoms with Crippen LogP contribution in [0, 0.1) is 13.2 Å². The molecule has 0 saturated carbocycles. The van der Waals surface area contributed by atoms with Crippen molar-refractivity contribution in [1.29, 1.82) is 0 Å². The molecule has 0 bridgehead atoms. The number of para-hydroxylation sites is 2. The van der Waals surface area contributed by atoms with E-state index >= 15 is 0 Å². The van der Waals surface area contributed by atoms with E-state index < -0.39 is 192 Å². The SMILES string of the molecule is [2H]c1c([2H])c([2H])c(-c2cnc(-n3c4ccccc4c4ccc(Oc5cccc(-n6[c-][n+](-c7c(-c8cc(C(C)(C)C)cc(C(C)(C)C)c8)cccc7C(C)(C)C)c7ccc(-c8c([2H])c([2H])c([2H])c([Si](c9c([2H])c([2H])c([2H])c([2H])c9[2H])(c9c([2H])c([2H])c([2H])c([2H])c9[2H])c9c([2H])c([2H])c([2H])c([2H])c9[2H])c8[2H])cc76)c5)cc43)cc2C([2H])([2H])[2H])c([2H])c1[2H]. The summed E-state index contributed by atoms with van der Waals surface area (Å²) in [5.74, 6) is 0.636.